The number of ether oxygens (including phenoxy) is 1. The average Bonchev–Trinajstić information content (AvgIpc) is 3.31. The number of imidazole rings is 1. The maximum absolute atomic E-state index is 12.4. The van der Waals surface area contributed by atoms with Crippen molar-refractivity contribution in [3.05, 3.63) is 76.4 Å². The molecule has 31 heavy (non-hydrogen) atoms. The van der Waals surface area contributed by atoms with E-state index in [-0.39, 0.29) is 11.8 Å². The van der Waals surface area contributed by atoms with Gasteiger partial charge in [-0.15, -0.1) is 0 Å². The molecule has 1 N–H and O–H groups in total. The molecule has 8 heteroatoms. The quantitative estimate of drug-likeness (QED) is 0.328. The Hall–Kier alpha value is -3.52. The number of imide groups is 1. The molecule has 0 saturated heterocycles. The van der Waals surface area contributed by atoms with Crippen molar-refractivity contribution in [2.75, 3.05) is 13.2 Å². The number of rotatable bonds is 6. The first-order valence-corrected chi connectivity index (χ1v) is 10.6. The van der Waals surface area contributed by atoms with Gasteiger partial charge in [0.1, 0.15) is 11.6 Å². The lowest BCUT2D eigenvalue weighted by Crippen LogP contribution is -2.31. The van der Waals surface area contributed by atoms with Gasteiger partial charge in [0.25, 0.3) is 11.8 Å². The monoisotopic (exact) mass is 476 g/mol. The maximum atomic E-state index is 12.4. The molecular weight excluding hydrogens is 460 g/mol. The van der Waals surface area contributed by atoms with E-state index in [9.17, 15) is 9.59 Å². The third-order valence-electron chi connectivity index (χ3n) is 5.10. The van der Waals surface area contributed by atoms with Crippen molar-refractivity contribution in [2.45, 2.75) is 6.42 Å². The zero-order chi connectivity index (χ0) is 21.4. The summed E-state index contributed by atoms with van der Waals surface area (Å²) in [5.41, 5.74) is 3.38. The molecule has 3 heterocycles. The summed E-state index contributed by atoms with van der Waals surface area (Å²) in [5.74, 6) is 0.968. The molecule has 0 saturated carbocycles. The summed E-state index contributed by atoms with van der Waals surface area (Å²) in [7, 11) is 0. The molecule has 1 aliphatic rings. The number of hydrogen-bond acceptors (Lipinski definition) is 5. The first-order chi connectivity index (χ1) is 15.1. The number of nitrogens with one attached hydrogen (secondary N) is 1. The average molecular weight is 477 g/mol. The van der Waals surface area contributed by atoms with E-state index in [4.69, 9.17) is 4.74 Å². The second-order valence-electron chi connectivity index (χ2n) is 7.14. The Morgan fingerprint density at radius 1 is 1.00 bits per heavy atom. The minimum Gasteiger partial charge on any atom is -0.494 e. The van der Waals surface area contributed by atoms with Crippen LogP contribution in [-0.2, 0) is 0 Å². The predicted octanol–water partition coefficient (Wildman–Crippen LogP) is 4.45. The largest absolute Gasteiger partial charge is 0.494 e. The van der Waals surface area contributed by atoms with Crippen LogP contribution in [0.4, 0.5) is 0 Å². The predicted molar refractivity (Wildman–Crippen MR) is 119 cm³/mol. The van der Waals surface area contributed by atoms with Crippen LogP contribution < -0.4 is 4.74 Å². The molecule has 4 aromatic rings. The summed E-state index contributed by atoms with van der Waals surface area (Å²) in [6.07, 6.45) is 2.27. The minimum absolute atomic E-state index is 0.239. The lowest BCUT2D eigenvalue weighted by molar-refractivity contribution is 0.0647. The molecule has 0 radical (unpaired) electrons. The van der Waals surface area contributed by atoms with E-state index in [1.54, 1.807) is 30.5 Å². The standard InChI is InChI=1S/C23H17BrN4O3/c24-15-12-19-21(25-13-15)27-20(26-19)14-6-8-16(9-7-14)31-11-3-10-28-22(29)17-4-1-2-5-18(17)23(28)30/h1-2,4-9,12-13H,3,10-11H2,(H,25,26,27). The number of nitrogens with zero attached hydrogens (tertiary/aromatic N) is 3. The molecule has 0 unspecified atom stereocenters. The van der Waals surface area contributed by atoms with E-state index < -0.39 is 0 Å². The van der Waals surface area contributed by atoms with Gasteiger partial charge < -0.3 is 9.72 Å². The molecule has 0 bridgehead atoms. The van der Waals surface area contributed by atoms with Crippen LogP contribution in [0.5, 0.6) is 5.75 Å². The van der Waals surface area contributed by atoms with Crippen molar-refractivity contribution in [1.29, 1.82) is 0 Å². The van der Waals surface area contributed by atoms with Crippen LogP contribution in [0.1, 0.15) is 27.1 Å². The summed E-state index contributed by atoms with van der Waals surface area (Å²) in [5, 5.41) is 0. The van der Waals surface area contributed by atoms with Gasteiger partial charge in [0.2, 0.25) is 0 Å². The Balaban J connectivity index is 1.17. The fourth-order valence-corrected chi connectivity index (χ4v) is 3.91. The van der Waals surface area contributed by atoms with Crippen LogP contribution in [0.25, 0.3) is 22.6 Å². The van der Waals surface area contributed by atoms with Crippen LogP contribution in [0.3, 0.4) is 0 Å². The molecule has 2 amide bonds. The van der Waals surface area contributed by atoms with Gasteiger partial charge in [0.15, 0.2) is 5.65 Å². The van der Waals surface area contributed by atoms with Crippen LogP contribution in [0, 0.1) is 0 Å². The molecule has 2 aromatic carbocycles. The van der Waals surface area contributed by atoms with E-state index >= 15 is 0 Å². The van der Waals surface area contributed by atoms with Crippen molar-refractivity contribution >= 4 is 38.9 Å². The number of hydrogen-bond donors (Lipinski definition) is 1. The van der Waals surface area contributed by atoms with Crippen molar-refractivity contribution in [3.63, 3.8) is 0 Å². The highest BCUT2D eigenvalue weighted by atomic mass is 79.9. The van der Waals surface area contributed by atoms with E-state index in [1.807, 2.05) is 30.3 Å². The van der Waals surface area contributed by atoms with Gasteiger partial charge in [-0.05, 0) is 64.8 Å². The van der Waals surface area contributed by atoms with Crippen LogP contribution >= 0.6 is 15.9 Å². The molecule has 2 aromatic heterocycles. The number of aromatic nitrogens is 3. The third-order valence-corrected chi connectivity index (χ3v) is 5.54. The Kier molecular flexibility index (Phi) is 4.99. The van der Waals surface area contributed by atoms with E-state index in [2.05, 4.69) is 30.9 Å². The zero-order valence-corrected chi connectivity index (χ0v) is 17.9. The van der Waals surface area contributed by atoms with E-state index in [0.717, 1.165) is 21.4 Å². The fraction of sp³-hybridized carbons (Fsp3) is 0.130. The van der Waals surface area contributed by atoms with E-state index in [1.165, 1.54) is 4.90 Å². The van der Waals surface area contributed by atoms with Crippen LogP contribution in [-0.4, -0.2) is 44.8 Å². The summed E-state index contributed by atoms with van der Waals surface area (Å²) >= 11 is 3.41. The summed E-state index contributed by atoms with van der Waals surface area (Å²) in [6, 6.07) is 16.4. The van der Waals surface area contributed by atoms with Gasteiger partial charge in [-0.3, -0.25) is 14.5 Å². The Morgan fingerprint density at radius 3 is 2.42 bits per heavy atom. The number of benzene rings is 2. The Labute approximate surface area is 186 Å². The highest BCUT2D eigenvalue weighted by molar-refractivity contribution is 9.10. The Bertz CT molecular complexity index is 1260. The number of fused-ring (bicyclic) bond motifs is 2. The lowest BCUT2D eigenvalue weighted by atomic mass is 10.1. The summed E-state index contributed by atoms with van der Waals surface area (Å²) < 4.78 is 6.67. The molecule has 0 spiro atoms. The SMILES string of the molecule is O=C1c2ccccc2C(=O)N1CCCOc1ccc(-c2nc3ncc(Br)cc3[nH]2)cc1. The second kappa shape index (κ2) is 7.96. The molecule has 7 nitrogen and oxygen atoms in total. The first-order valence-electron chi connectivity index (χ1n) is 9.80. The zero-order valence-electron chi connectivity index (χ0n) is 16.3. The number of carbonyl (C=O) groups excluding carboxylic acids is 2. The van der Waals surface area contributed by atoms with Gasteiger partial charge >= 0.3 is 0 Å². The van der Waals surface area contributed by atoms with Gasteiger partial charge in [-0.25, -0.2) is 9.97 Å². The number of pyridine rings is 1. The topological polar surface area (TPSA) is 88.2 Å². The maximum Gasteiger partial charge on any atom is 0.261 e. The van der Waals surface area contributed by atoms with Crippen molar-refractivity contribution in [1.82, 2.24) is 19.9 Å². The number of aromatic amines is 1. The highest BCUT2D eigenvalue weighted by Gasteiger charge is 2.34. The molecule has 0 fully saturated rings. The van der Waals surface area contributed by atoms with Crippen LogP contribution in [0.15, 0.2) is 65.3 Å². The molecule has 154 valence electrons. The molecule has 0 atom stereocenters. The number of carbonyl (C=O) groups is 2. The van der Waals surface area contributed by atoms with Crippen molar-refractivity contribution < 1.29 is 14.3 Å². The van der Waals surface area contributed by atoms with Crippen molar-refractivity contribution in [3.8, 4) is 17.1 Å². The first kappa shape index (κ1) is 19.4. The third kappa shape index (κ3) is 3.70. The van der Waals surface area contributed by atoms with E-state index in [0.29, 0.717) is 42.1 Å². The highest BCUT2D eigenvalue weighted by Crippen LogP contribution is 2.24. The van der Waals surface area contributed by atoms with Crippen LogP contribution in [0.2, 0.25) is 0 Å². The fourth-order valence-electron chi connectivity index (χ4n) is 3.58. The molecule has 5 rings (SSSR count). The van der Waals surface area contributed by atoms with Gasteiger partial charge in [-0.2, -0.15) is 0 Å². The van der Waals surface area contributed by atoms with Gasteiger partial charge in [0.05, 0.1) is 23.3 Å². The smallest absolute Gasteiger partial charge is 0.261 e. The van der Waals surface area contributed by atoms with Crippen molar-refractivity contribution in [2.24, 2.45) is 0 Å². The lowest BCUT2D eigenvalue weighted by Gasteiger charge is -2.14. The normalized spacial score (nSPS) is 13.1. The minimum atomic E-state index is -0.239. The molecule has 0 aliphatic carbocycles. The number of amides is 2. The molecule has 1 aliphatic heterocycles. The molecular formula is C23H17BrN4O3. The number of H-pyrrole nitrogens is 1. The van der Waals surface area contributed by atoms with Gasteiger partial charge in [-0.1, -0.05) is 12.1 Å². The second-order valence-corrected chi connectivity index (χ2v) is 8.06. The number of halogens is 1. The Morgan fingerprint density at radius 2 is 1.71 bits per heavy atom. The summed E-state index contributed by atoms with van der Waals surface area (Å²) in [4.78, 5) is 38.1. The summed E-state index contributed by atoms with van der Waals surface area (Å²) in [6.45, 7) is 0.724. The van der Waals surface area contributed by atoms with Gasteiger partial charge in [0, 0.05) is 22.8 Å².